The van der Waals surface area contributed by atoms with Gasteiger partial charge in [0.1, 0.15) is 23.0 Å². The molecular formula is C20H27NO4S2. The number of hydrogen-bond acceptors (Lipinski definition) is 7. The second-order valence-corrected chi connectivity index (χ2v) is 8.27. The van der Waals surface area contributed by atoms with Crippen LogP contribution in [-0.2, 0) is 4.74 Å². The van der Waals surface area contributed by atoms with Crippen molar-refractivity contribution in [1.29, 1.82) is 0 Å². The van der Waals surface area contributed by atoms with E-state index >= 15 is 0 Å². The summed E-state index contributed by atoms with van der Waals surface area (Å²) in [6, 6.07) is 7.91. The molecule has 2 atom stereocenters. The first-order valence-corrected chi connectivity index (χ1v) is 11.0. The topological polar surface area (TPSA) is 68.7 Å². The van der Waals surface area contributed by atoms with Gasteiger partial charge in [-0.15, -0.1) is 23.1 Å². The Morgan fingerprint density at radius 2 is 2.00 bits per heavy atom. The van der Waals surface area contributed by atoms with Gasteiger partial charge >= 0.3 is 5.97 Å². The van der Waals surface area contributed by atoms with Crippen molar-refractivity contribution in [2.75, 3.05) is 12.9 Å². The number of carbonyl (C=O) groups excluding carboxylic acids is 1. The maximum Gasteiger partial charge on any atom is 0.357 e. The van der Waals surface area contributed by atoms with Crippen molar-refractivity contribution in [2.45, 2.75) is 56.6 Å². The van der Waals surface area contributed by atoms with Crippen molar-refractivity contribution >= 4 is 29.1 Å². The summed E-state index contributed by atoms with van der Waals surface area (Å²) in [4.78, 5) is 16.8. The predicted octanol–water partition coefficient (Wildman–Crippen LogP) is 5.10. The van der Waals surface area contributed by atoms with Gasteiger partial charge in [0, 0.05) is 10.3 Å². The quantitative estimate of drug-likeness (QED) is 0.316. The minimum atomic E-state index is -0.916. The van der Waals surface area contributed by atoms with Gasteiger partial charge in [0.05, 0.1) is 7.11 Å². The highest BCUT2D eigenvalue weighted by Crippen LogP contribution is 2.27. The number of esters is 1. The molecule has 1 heterocycles. The smallest absolute Gasteiger partial charge is 0.357 e. The monoisotopic (exact) mass is 409 g/mol. The molecule has 7 heteroatoms. The Hall–Kier alpha value is -1.57. The van der Waals surface area contributed by atoms with Crippen LogP contribution in [0, 0.1) is 0 Å². The Bertz CT molecular complexity index is 702. The van der Waals surface area contributed by atoms with Crippen molar-refractivity contribution in [3.8, 4) is 5.75 Å². The van der Waals surface area contributed by atoms with E-state index in [9.17, 15) is 9.90 Å². The van der Waals surface area contributed by atoms with Crippen LogP contribution in [0.3, 0.4) is 0 Å². The Balaban J connectivity index is 1.84. The molecule has 0 aliphatic rings. The normalized spacial score (nSPS) is 13.2. The van der Waals surface area contributed by atoms with E-state index in [-0.39, 0.29) is 5.69 Å². The highest BCUT2D eigenvalue weighted by Gasteiger charge is 2.23. The number of thiazole rings is 1. The summed E-state index contributed by atoms with van der Waals surface area (Å²) in [6.07, 6.45) is 3.67. The van der Waals surface area contributed by atoms with Gasteiger partial charge < -0.3 is 14.6 Å². The Morgan fingerprint density at radius 3 is 2.67 bits per heavy atom. The summed E-state index contributed by atoms with van der Waals surface area (Å²) in [5, 5.41) is 12.4. The zero-order valence-corrected chi connectivity index (χ0v) is 17.6. The number of unbranched alkanes of at least 4 members (excludes halogenated alkanes) is 3. The fourth-order valence-electron chi connectivity index (χ4n) is 2.43. The third kappa shape index (κ3) is 6.83. The molecule has 0 fully saturated rings. The zero-order chi connectivity index (χ0) is 19.6. The fraction of sp³-hybridized carbons (Fsp3) is 0.500. The SMILES string of the molecule is CCCCCCSc1ccc(OC(C)C(O)c2nc(C(=O)OC)cs2)cc1. The lowest BCUT2D eigenvalue weighted by atomic mass is 10.2. The molecule has 27 heavy (non-hydrogen) atoms. The van der Waals surface area contributed by atoms with E-state index in [0.29, 0.717) is 10.8 Å². The number of aromatic nitrogens is 1. The van der Waals surface area contributed by atoms with Crippen molar-refractivity contribution in [2.24, 2.45) is 0 Å². The minimum Gasteiger partial charge on any atom is -0.488 e. The van der Waals surface area contributed by atoms with Crippen LogP contribution in [0.4, 0.5) is 0 Å². The van der Waals surface area contributed by atoms with Gasteiger partial charge in [-0.05, 0) is 43.4 Å². The van der Waals surface area contributed by atoms with Crippen LogP contribution in [0.2, 0.25) is 0 Å². The number of rotatable bonds is 11. The number of methoxy groups -OCH3 is 1. The molecule has 0 saturated carbocycles. The van der Waals surface area contributed by atoms with Gasteiger partial charge in [0.15, 0.2) is 5.69 Å². The van der Waals surface area contributed by atoms with Gasteiger partial charge in [-0.3, -0.25) is 0 Å². The van der Waals surface area contributed by atoms with E-state index in [0.717, 1.165) is 5.75 Å². The summed E-state index contributed by atoms with van der Waals surface area (Å²) in [5.41, 5.74) is 0.198. The highest BCUT2D eigenvalue weighted by molar-refractivity contribution is 7.99. The molecular weight excluding hydrogens is 382 g/mol. The first-order chi connectivity index (χ1) is 13.0. The van der Waals surface area contributed by atoms with Crippen molar-refractivity contribution in [3.05, 3.63) is 40.3 Å². The van der Waals surface area contributed by atoms with Crippen molar-refractivity contribution < 1.29 is 19.4 Å². The second kappa shape index (κ2) is 11.3. The van der Waals surface area contributed by atoms with Gasteiger partial charge in [-0.25, -0.2) is 9.78 Å². The van der Waals surface area contributed by atoms with Gasteiger partial charge in [0.2, 0.25) is 0 Å². The second-order valence-electron chi connectivity index (χ2n) is 6.21. The van der Waals surface area contributed by atoms with Crippen LogP contribution in [0.1, 0.15) is 61.1 Å². The molecule has 1 aromatic heterocycles. The maximum atomic E-state index is 11.5. The third-order valence-electron chi connectivity index (χ3n) is 4.03. The van der Waals surface area contributed by atoms with Crippen molar-refractivity contribution in [1.82, 2.24) is 4.98 Å². The minimum absolute atomic E-state index is 0.198. The standard InChI is InChI=1S/C20H27NO4S2/c1-4-5-6-7-12-26-16-10-8-15(9-11-16)25-14(2)18(22)19-21-17(13-27-19)20(23)24-3/h8-11,13-14,18,22H,4-7,12H2,1-3H3. The molecule has 2 unspecified atom stereocenters. The molecule has 0 bridgehead atoms. The molecule has 2 rings (SSSR count). The first kappa shape index (κ1) is 21.7. The molecule has 0 spiro atoms. The molecule has 0 amide bonds. The number of aliphatic hydroxyl groups is 1. The van der Waals surface area contributed by atoms with Crippen LogP contribution < -0.4 is 4.74 Å². The number of benzene rings is 1. The average Bonchev–Trinajstić information content (AvgIpc) is 3.18. The molecule has 1 aromatic carbocycles. The molecule has 2 aromatic rings. The summed E-state index contributed by atoms with van der Waals surface area (Å²) < 4.78 is 10.5. The third-order valence-corrected chi connectivity index (χ3v) is 6.04. The lowest BCUT2D eigenvalue weighted by Crippen LogP contribution is -2.21. The Labute approximate surface area is 169 Å². The number of hydrogen-bond donors (Lipinski definition) is 1. The number of thioether (sulfide) groups is 1. The van der Waals surface area contributed by atoms with E-state index in [2.05, 4.69) is 16.6 Å². The van der Waals surface area contributed by atoms with Gasteiger partial charge in [-0.2, -0.15) is 0 Å². The lowest BCUT2D eigenvalue weighted by molar-refractivity contribution is 0.0459. The molecule has 148 valence electrons. The zero-order valence-electron chi connectivity index (χ0n) is 16.0. The summed E-state index contributed by atoms with van der Waals surface area (Å²) >= 11 is 3.06. The number of ether oxygens (including phenoxy) is 2. The predicted molar refractivity (Wildman–Crippen MR) is 110 cm³/mol. The van der Waals surface area contributed by atoms with Crippen molar-refractivity contribution in [3.63, 3.8) is 0 Å². The van der Waals surface area contributed by atoms with E-state index in [1.54, 1.807) is 12.3 Å². The van der Waals surface area contributed by atoms with Crippen LogP contribution in [0.15, 0.2) is 34.5 Å². The summed E-state index contributed by atoms with van der Waals surface area (Å²) in [7, 11) is 1.30. The summed E-state index contributed by atoms with van der Waals surface area (Å²) in [6.45, 7) is 4.00. The van der Waals surface area contributed by atoms with Gasteiger partial charge in [-0.1, -0.05) is 26.2 Å². The van der Waals surface area contributed by atoms with E-state index in [1.165, 1.54) is 49.0 Å². The highest BCUT2D eigenvalue weighted by atomic mass is 32.2. The molecule has 0 aliphatic heterocycles. The van der Waals surface area contributed by atoms with Crippen LogP contribution in [0.5, 0.6) is 5.75 Å². The van der Waals surface area contributed by atoms with E-state index in [1.807, 2.05) is 36.0 Å². The molecule has 0 radical (unpaired) electrons. The largest absolute Gasteiger partial charge is 0.488 e. The van der Waals surface area contributed by atoms with Crippen LogP contribution in [0.25, 0.3) is 0 Å². The van der Waals surface area contributed by atoms with Gasteiger partial charge in [0.25, 0.3) is 0 Å². The van der Waals surface area contributed by atoms with Crippen LogP contribution in [-0.4, -0.2) is 35.0 Å². The maximum absolute atomic E-state index is 11.5. The van der Waals surface area contributed by atoms with Crippen LogP contribution >= 0.6 is 23.1 Å². The van der Waals surface area contributed by atoms with E-state index < -0.39 is 18.2 Å². The Morgan fingerprint density at radius 1 is 1.26 bits per heavy atom. The fourth-order valence-corrected chi connectivity index (χ4v) is 4.21. The number of aliphatic hydroxyl groups excluding tert-OH is 1. The number of nitrogens with zero attached hydrogens (tertiary/aromatic N) is 1. The van der Waals surface area contributed by atoms with E-state index in [4.69, 9.17) is 4.74 Å². The molecule has 5 nitrogen and oxygen atoms in total. The summed E-state index contributed by atoms with van der Waals surface area (Å²) in [5.74, 6) is 1.31. The average molecular weight is 410 g/mol. The number of carbonyl (C=O) groups is 1. The molecule has 1 N–H and O–H groups in total. The molecule has 0 aliphatic carbocycles. The first-order valence-electron chi connectivity index (χ1n) is 9.16. The molecule has 0 saturated heterocycles. The Kier molecular flexibility index (Phi) is 9.10. The lowest BCUT2D eigenvalue weighted by Gasteiger charge is -2.19.